The van der Waals surface area contributed by atoms with Crippen LogP contribution in [0.15, 0.2) is 48.5 Å². The van der Waals surface area contributed by atoms with Crippen LogP contribution in [0.2, 0.25) is 0 Å². The van der Waals surface area contributed by atoms with Gasteiger partial charge >= 0.3 is 0 Å². The van der Waals surface area contributed by atoms with E-state index in [0.29, 0.717) is 56.7 Å². The van der Waals surface area contributed by atoms with Crippen LogP contribution in [0.4, 0.5) is 0 Å². The first-order valence-corrected chi connectivity index (χ1v) is 16.4. The van der Waals surface area contributed by atoms with Gasteiger partial charge in [-0.1, -0.05) is 64.3 Å². The molecule has 0 aromatic heterocycles. The van der Waals surface area contributed by atoms with E-state index < -0.39 is 17.7 Å². The number of carbonyl (C=O) groups is 4. The lowest BCUT2D eigenvalue weighted by atomic mass is 9.79. The number of nitrogens with zero attached hydrogens (tertiary/aromatic N) is 2. The Labute approximate surface area is 279 Å². The fourth-order valence-corrected chi connectivity index (χ4v) is 6.55. The predicted molar refractivity (Wildman–Crippen MR) is 181 cm³/mol. The first kappa shape index (κ1) is 37.0. The van der Waals surface area contributed by atoms with Crippen LogP contribution in [0.25, 0.3) is 0 Å². The fraction of sp³-hybridized carbons (Fsp3) is 0.543. The van der Waals surface area contributed by atoms with E-state index in [1.165, 1.54) is 0 Å². The number of unbranched alkanes of at least 4 members (excludes halogenated alkanes) is 1. The van der Waals surface area contributed by atoms with Crippen LogP contribution in [0.5, 0.6) is 0 Å². The first-order chi connectivity index (χ1) is 21.7. The van der Waals surface area contributed by atoms with Crippen molar-refractivity contribution in [2.45, 2.75) is 90.1 Å². The molecule has 46 heavy (non-hydrogen) atoms. The van der Waals surface area contributed by atoms with Crippen LogP contribution in [-0.4, -0.2) is 82.9 Å². The third-order valence-electron chi connectivity index (χ3n) is 9.57. The third kappa shape index (κ3) is 8.27. The fourth-order valence-electron chi connectivity index (χ4n) is 6.55. The summed E-state index contributed by atoms with van der Waals surface area (Å²) in [5, 5.41) is 19.5. The topological polar surface area (TPSA) is 131 Å². The predicted octanol–water partition coefficient (Wildman–Crippen LogP) is 3.66. The van der Waals surface area contributed by atoms with Crippen molar-refractivity contribution in [1.82, 2.24) is 25.8 Å². The van der Waals surface area contributed by atoms with Crippen molar-refractivity contribution >= 4 is 36.0 Å². The van der Waals surface area contributed by atoms with Gasteiger partial charge < -0.3 is 26.0 Å². The van der Waals surface area contributed by atoms with Gasteiger partial charge in [0.1, 0.15) is 11.6 Å². The Morgan fingerprint density at radius 3 is 2.04 bits per heavy atom. The van der Waals surface area contributed by atoms with Crippen molar-refractivity contribution in [2.24, 2.45) is 5.92 Å². The summed E-state index contributed by atoms with van der Waals surface area (Å²) in [4.78, 5) is 56.0. The average molecular weight is 656 g/mol. The van der Waals surface area contributed by atoms with E-state index in [-0.39, 0.29) is 42.0 Å². The summed E-state index contributed by atoms with van der Waals surface area (Å²) >= 11 is 0. The third-order valence-corrected chi connectivity index (χ3v) is 9.57. The number of hydrogen-bond acceptors (Lipinski definition) is 6. The van der Waals surface area contributed by atoms with E-state index in [1.54, 1.807) is 24.1 Å². The van der Waals surface area contributed by atoms with Crippen molar-refractivity contribution < 1.29 is 24.3 Å². The van der Waals surface area contributed by atoms with Crippen LogP contribution in [0.3, 0.4) is 0 Å². The second-order valence-corrected chi connectivity index (χ2v) is 12.3. The smallest absolute Gasteiger partial charge is 0.251 e. The second-order valence-electron chi connectivity index (χ2n) is 12.3. The Hall–Kier alpha value is -3.47. The van der Waals surface area contributed by atoms with Crippen LogP contribution >= 0.6 is 12.4 Å². The molecule has 2 aliphatic heterocycles. The Morgan fingerprint density at radius 1 is 0.935 bits per heavy atom. The van der Waals surface area contributed by atoms with Crippen molar-refractivity contribution in [3.05, 3.63) is 70.8 Å². The van der Waals surface area contributed by atoms with Crippen molar-refractivity contribution in [3.63, 3.8) is 0 Å². The molecule has 252 valence electrons. The van der Waals surface area contributed by atoms with Gasteiger partial charge in [0.15, 0.2) is 0 Å². The number of halogens is 1. The first-order valence-electron chi connectivity index (χ1n) is 16.4. The molecule has 0 unspecified atom stereocenters. The number of amides is 4. The Balaban J connectivity index is 0.00000576. The number of nitrogens with one attached hydrogen (secondary N) is 3. The molecule has 11 heteroatoms. The molecule has 4 rings (SSSR count). The number of likely N-dealkylation sites (tertiary alicyclic amines) is 1. The highest BCUT2D eigenvalue weighted by molar-refractivity contribution is 6.00. The molecule has 1 spiro atoms. The number of aliphatic hydroxyl groups is 1. The molecule has 10 nitrogen and oxygen atoms in total. The van der Waals surface area contributed by atoms with Gasteiger partial charge in [-0.05, 0) is 60.6 Å². The maximum absolute atomic E-state index is 13.8. The summed E-state index contributed by atoms with van der Waals surface area (Å²) in [7, 11) is 1.59. The van der Waals surface area contributed by atoms with Gasteiger partial charge in [-0.25, -0.2) is 0 Å². The lowest BCUT2D eigenvalue weighted by Crippen LogP contribution is -2.75. The number of hydrogen-bond donors (Lipinski definition) is 4. The normalized spacial score (nSPS) is 18.6. The van der Waals surface area contributed by atoms with E-state index in [2.05, 4.69) is 27.8 Å². The summed E-state index contributed by atoms with van der Waals surface area (Å²) in [6.45, 7) is 8.93. The van der Waals surface area contributed by atoms with Crippen molar-refractivity contribution in [1.29, 1.82) is 0 Å². The zero-order valence-corrected chi connectivity index (χ0v) is 28.3. The Bertz CT molecular complexity index is 1320. The number of benzene rings is 2. The quantitative estimate of drug-likeness (QED) is 0.261. The zero-order chi connectivity index (χ0) is 32.6. The van der Waals surface area contributed by atoms with Crippen molar-refractivity contribution in [3.8, 4) is 0 Å². The number of aliphatic hydroxyl groups excluding tert-OH is 1. The lowest BCUT2D eigenvalue weighted by Gasteiger charge is -2.52. The van der Waals surface area contributed by atoms with Gasteiger partial charge in [-0.15, -0.1) is 12.4 Å². The molecule has 0 saturated carbocycles. The maximum Gasteiger partial charge on any atom is 0.251 e. The van der Waals surface area contributed by atoms with E-state index in [4.69, 9.17) is 0 Å². The molecule has 0 aliphatic carbocycles. The largest absolute Gasteiger partial charge is 0.390 e. The Morgan fingerprint density at radius 2 is 1.50 bits per heavy atom. The number of rotatable bonds is 13. The van der Waals surface area contributed by atoms with Gasteiger partial charge in [0.05, 0.1) is 6.10 Å². The highest BCUT2D eigenvalue weighted by atomic mass is 35.5. The highest BCUT2D eigenvalue weighted by Gasteiger charge is 2.55. The lowest BCUT2D eigenvalue weighted by molar-refractivity contribution is -0.165. The second kappa shape index (κ2) is 16.9. The molecule has 0 radical (unpaired) electrons. The zero-order valence-electron chi connectivity index (χ0n) is 27.5. The van der Waals surface area contributed by atoms with Gasteiger partial charge in [-0.3, -0.25) is 24.1 Å². The molecule has 2 aromatic carbocycles. The molecule has 2 saturated heterocycles. The molecular formula is C35H50ClN5O5. The van der Waals surface area contributed by atoms with Gasteiger partial charge in [-0.2, -0.15) is 0 Å². The van der Waals surface area contributed by atoms with E-state index in [0.717, 1.165) is 36.8 Å². The molecule has 4 amide bonds. The van der Waals surface area contributed by atoms with E-state index >= 15 is 0 Å². The minimum Gasteiger partial charge on any atom is -0.390 e. The Kier molecular flexibility index (Phi) is 13.6. The highest BCUT2D eigenvalue weighted by Crippen LogP contribution is 2.35. The molecule has 4 N–H and O–H groups in total. The van der Waals surface area contributed by atoms with Crippen molar-refractivity contribution in [2.75, 3.05) is 26.7 Å². The summed E-state index contributed by atoms with van der Waals surface area (Å²) in [6.07, 6.45) is 3.38. The van der Waals surface area contributed by atoms with E-state index in [9.17, 15) is 24.3 Å². The maximum atomic E-state index is 13.8. The molecule has 2 aromatic rings. The standard InChI is InChI=1S/C35H49N5O5.ClH/c1-5-8-19-40-33(44)29(30(41)26(6-2)7-3)38-34(45)35(40)17-20-39(21-18-35)23-25-11-15-28(16-12-25)32(43)37-22-24-9-13-27(14-10-24)31(42)36-4;/h9-16,26,29-30,41H,5-8,17-23H2,1-4H3,(H,36,42)(H,37,43)(H,38,45);1H/t29-,30-;/m1./s1. The molecule has 2 fully saturated rings. The minimum atomic E-state index is -0.898. The van der Waals surface area contributed by atoms with Crippen LogP contribution in [-0.2, 0) is 22.7 Å². The molecule has 2 heterocycles. The molecule has 2 aliphatic rings. The van der Waals surface area contributed by atoms with Gasteiger partial charge in [0.2, 0.25) is 11.8 Å². The number of carbonyl (C=O) groups excluding carboxylic acids is 4. The van der Waals surface area contributed by atoms with Crippen LogP contribution in [0.1, 0.15) is 91.1 Å². The number of piperidine rings is 1. The van der Waals surface area contributed by atoms with Gasteiger partial charge in [0, 0.05) is 50.9 Å². The van der Waals surface area contributed by atoms with Crippen LogP contribution in [0, 0.1) is 5.92 Å². The monoisotopic (exact) mass is 655 g/mol. The SMILES string of the molecule is CCCCN1C(=O)[C@@H]([C@H](O)C(CC)CC)NC(=O)C12CCN(Cc1ccc(C(=O)NCc3ccc(C(=O)NC)cc3)cc1)CC2.Cl. The molecular weight excluding hydrogens is 606 g/mol. The van der Waals surface area contributed by atoms with Crippen LogP contribution < -0.4 is 16.0 Å². The summed E-state index contributed by atoms with van der Waals surface area (Å²) in [5.74, 6) is -0.685. The van der Waals surface area contributed by atoms with E-state index in [1.807, 2.05) is 50.2 Å². The summed E-state index contributed by atoms with van der Waals surface area (Å²) in [6, 6.07) is 13.7. The van der Waals surface area contributed by atoms with Gasteiger partial charge in [0.25, 0.3) is 11.8 Å². The average Bonchev–Trinajstić information content (AvgIpc) is 3.07. The summed E-state index contributed by atoms with van der Waals surface area (Å²) in [5.41, 5.74) is 2.20. The molecule has 0 bridgehead atoms. The summed E-state index contributed by atoms with van der Waals surface area (Å²) < 4.78 is 0. The minimum absolute atomic E-state index is 0. The number of piperazine rings is 1. The molecule has 2 atom stereocenters.